The third kappa shape index (κ3) is 3.26. The van der Waals surface area contributed by atoms with Gasteiger partial charge in [-0.25, -0.2) is 4.98 Å². The number of hydrogen-bond donors (Lipinski definition) is 2. The normalized spacial score (nSPS) is 10.2. The van der Waals surface area contributed by atoms with E-state index in [0.29, 0.717) is 11.5 Å². The molecule has 104 valence electrons. The summed E-state index contributed by atoms with van der Waals surface area (Å²) in [5.41, 5.74) is 8.49. The second-order valence-corrected chi connectivity index (χ2v) is 4.68. The van der Waals surface area contributed by atoms with E-state index in [2.05, 4.69) is 21.5 Å². The van der Waals surface area contributed by atoms with Crippen LogP contribution in [-0.2, 0) is 6.54 Å². The van der Waals surface area contributed by atoms with Crippen molar-refractivity contribution in [3.05, 3.63) is 35.3 Å². The van der Waals surface area contributed by atoms with Gasteiger partial charge in [0.15, 0.2) is 5.69 Å². The summed E-state index contributed by atoms with van der Waals surface area (Å²) in [6, 6.07) is 7.50. The van der Waals surface area contributed by atoms with Gasteiger partial charge in [0.25, 0.3) is 0 Å². The maximum atomic E-state index is 8.86. The minimum Gasteiger partial charge on any atom is -0.396 e. The van der Waals surface area contributed by atoms with Gasteiger partial charge in [-0.05, 0) is 38.5 Å². The molecule has 0 saturated carbocycles. The van der Waals surface area contributed by atoms with Gasteiger partial charge in [0, 0.05) is 18.8 Å². The molecule has 0 fully saturated rings. The van der Waals surface area contributed by atoms with Crippen LogP contribution >= 0.6 is 0 Å². The molecule has 2 rings (SSSR count). The van der Waals surface area contributed by atoms with Crippen molar-refractivity contribution in [3.63, 3.8) is 0 Å². The smallest absolute Gasteiger partial charge is 0.165 e. The van der Waals surface area contributed by atoms with Gasteiger partial charge in [0.1, 0.15) is 11.9 Å². The predicted molar refractivity (Wildman–Crippen MR) is 78.2 cm³/mol. The molecule has 0 radical (unpaired) electrons. The van der Waals surface area contributed by atoms with E-state index in [1.165, 1.54) is 5.69 Å². The van der Waals surface area contributed by atoms with Crippen molar-refractivity contribution in [2.75, 3.05) is 17.6 Å². The third-order valence-corrected chi connectivity index (χ3v) is 2.99. The van der Waals surface area contributed by atoms with Crippen LogP contribution in [0.4, 0.5) is 11.5 Å². The van der Waals surface area contributed by atoms with Gasteiger partial charge in [-0.3, -0.25) is 4.68 Å². The summed E-state index contributed by atoms with van der Waals surface area (Å²) in [5.74, 6) is 0.670. The van der Waals surface area contributed by atoms with Crippen molar-refractivity contribution in [2.24, 2.45) is 0 Å². The molecule has 0 atom stereocenters. The minimum absolute atomic E-state index is 0.258. The molecular formula is C14H18N6. The van der Waals surface area contributed by atoms with Crippen LogP contribution in [0.15, 0.2) is 18.2 Å². The molecule has 0 amide bonds. The van der Waals surface area contributed by atoms with E-state index < -0.39 is 0 Å². The standard InChI is InChI=1S/C14H18N6/c1-10-8-11(2)20(19-10)7-3-6-17-14-5-4-12(16)13(9-15)18-14/h4-5,8H,3,6-7,16H2,1-2H3,(H,17,18). The highest BCUT2D eigenvalue weighted by Crippen LogP contribution is 2.12. The molecule has 3 N–H and O–H groups in total. The van der Waals surface area contributed by atoms with E-state index in [9.17, 15) is 0 Å². The van der Waals surface area contributed by atoms with Crippen molar-refractivity contribution < 1.29 is 0 Å². The number of nitriles is 1. The van der Waals surface area contributed by atoms with Crippen LogP contribution in [0.25, 0.3) is 0 Å². The summed E-state index contributed by atoms with van der Waals surface area (Å²) in [5, 5.41) is 16.5. The summed E-state index contributed by atoms with van der Waals surface area (Å²) in [6.07, 6.45) is 0.926. The van der Waals surface area contributed by atoms with Crippen molar-refractivity contribution in [1.82, 2.24) is 14.8 Å². The molecule has 20 heavy (non-hydrogen) atoms. The number of nitrogens with two attached hydrogens (primary N) is 1. The van der Waals surface area contributed by atoms with E-state index >= 15 is 0 Å². The lowest BCUT2D eigenvalue weighted by Crippen LogP contribution is -2.10. The fourth-order valence-corrected chi connectivity index (χ4v) is 2.00. The molecule has 0 aromatic carbocycles. The third-order valence-electron chi connectivity index (χ3n) is 2.99. The Morgan fingerprint density at radius 2 is 2.20 bits per heavy atom. The monoisotopic (exact) mass is 270 g/mol. The number of aryl methyl sites for hydroxylation is 3. The van der Waals surface area contributed by atoms with Crippen LogP contribution in [0, 0.1) is 25.2 Å². The first-order valence-electron chi connectivity index (χ1n) is 6.51. The van der Waals surface area contributed by atoms with Gasteiger partial charge < -0.3 is 11.1 Å². The lowest BCUT2D eigenvalue weighted by atomic mass is 10.3. The average molecular weight is 270 g/mol. The Morgan fingerprint density at radius 1 is 1.40 bits per heavy atom. The molecule has 2 aromatic rings. The van der Waals surface area contributed by atoms with Crippen LogP contribution < -0.4 is 11.1 Å². The Hall–Kier alpha value is -2.55. The second kappa shape index (κ2) is 6.06. The molecule has 0 aliphatic rings. The SMILES string of the molecule is Cc1cc(C)n(CCCNc2ccc(N)c(C#N)n2)n1. The second-order valence-electron chi connectivity index (χ2n) is 4.68. The largest absolute Gasteiger partial charge is 0.396 e. The average Bonchev–Trinajstić information content (AvgIpc) is 2.75. The molecule has 6 heteroatoms. The zero-order chi connectivity index (χ0) is 14.5. The molecule has 0 aliphatic carbocycles. The van der Waals surface area contributed by atoms with Crippen LogP contribution in [0.5, 0.6) is 0 Å². The van der Waals surface area contributed by atoms with E-state index in [1.54, 1.807) is 12.1 Å². The maximum absolute atomic E-state index is 8.86. The summed E-state index contributed by atoms with van der Waals surface area (Å²) in [6.45, 7) is 5.66. The highest BCUT2D eigenvalue weighted by Gasteiger charge is 2.03. The number of pyridine rings is 1. The highest BCUT2D eigenvalue weighted by molar-refractivity contribution is 5.54. The number of anilines is 2. The van der Waals surface area contributed by atoms with Crippen molar-refractivity contribution in [2.45, 2.75) is 26.8 Å². The van der Waals surface area contributed by atoms with Gasteiger partial charge in [0.05, 0.1) is 11.4 Å². The molecule has 0 aliphatic heterocycles. The zero-order valence-corrected chi connectivity index (χ0v) is 11.7. The number of nitrogens with zero attached hydrogens (tertiary/aromatic N) is 4. The fraction of sp³-hybridized carbons (Fsp3) is 0.357. The summed E-state index contributed by atoms with van der Waals surface area (Å²) >= 11 is 0. The number of aromatic nitrogens is 3. The van der Waals surface area contributed by atoms with Gasteiger partial charge in [-0.2, -0.15) is 10.4 Å². The van der Waals surface area contributed by atoms with E-state index in [4.69, 9.17) is 11.0 Å². The Bertz CT molecular complexity index is 638. The first-order chi connectivity index (χ1) is 9.60. The van der Waals surface area contributed by atoms with Gasteiger partial charge in [-0.15, -0.1) is 0 Å². The Balaban J connectivity index is 1.85. The van der Waals surface area contributed by atoms with Gasteiger partial charge in [-0.1, -0.05) is 0 Å². The fourth-order valence-electron chi connectivity index (χ4n) is 2.00. The lowest BCUT2D eigenvalue weighted by Gasteiger charge is -2.07. The Morgan fingerprint density at radius 3 is 2.85 bits per heavy atom. The number of hydrogen-bond acceptors (Lipinski definition) is 5. The number of nitrogens with one attached hydrogen (secondary N) is 1. The minimum atomic E-state index is 0.258. The van der Waals surface area contributed by atoms with Crippen LogP contribution in [-0.4, -0.2) is 21.3 Å². The predicted octanol–water partition coefficient (Wildman–Crippen LogP) is 1.85. The summed E-state index contributed by atoms with van der Waals surface area (Å²) in [7, 11) is 0. The van der Waals surface area contributed by atoms with Crippen LogP contribution in [0.1, 0.15) is 23.5 Å². The molecule has 0 unspecified atom stereocenters. The molecule has 0 spiro atoms. The van der Waals surface area contributed by atoms with Crippen LogP contribution in [0.3, 0.4) is 0 Å². The Labute approximate surface area is 118 Å². The van der Waals surface area contributed by atoms with E-state index in [-0.39, 0.29) is 5.69 Å². The highest BCUT2D eigenvalue weighted by atomic mass is 15.3. The van der Waals surface area contributed by atoms with Crippen molar-refractivity contribution >= 4 is 11.5 Å². The van der Waals surface area contributed by atoms with Crippen molar-refractivity contribution in [3.8, 4) is 6.07 Å². The first kappa shape index (κ1) is 13.9. The number of rotatable bonds is 5. The molecular weight excluding hydrogens is 252 g/mol. The van der Waals surface area contributed by atoms with Crippen LogP contribution in [0.2, 0.25) is 0 Å². The molecule has 0 saturated heterocycles. The molecule has 0 bridgehead atoms. The maximum Gasteiger partial charge on any atom is 0.165 e. The summed E-state index contributed by atoms with van der Waals surface area (Å²) in [4.78, 5) is 4.14. The molecule has 2 heterocycles. The first-order valence-corrected chi connectivity index (χ1v) is 6.51. The zero-order valence-electron chi connectivity index (χ0n) is 11.7. The van der Waals surface area contributed by atoms with Gasteiger partial charge >= 0.3 is 0 Å². The Kier molecular flexibility index (Phi) is 4.20. The molecule has 2 aromatic heterocycles. The summed E-state index contributed by atoms with van der Waals surface area (Å²) < 4.78 is 1.99. The number of nitrogen functional groups attached to an aromatic ring is 1. The van der Waals surface area contributed by atoms with Gasteiger partial charge in [0.2, 0.25) is 0 Å². The topological polar surface area (TPSA) is 92.6 Å². The van der Waals surface area contributed by atoms with E-state index in [0.717, 1.165) is 25.2 Å². The molecule has 6 nitrogen and oxygen atoms in total. The lowest BCUT2D eigenvalue weighted by molar-refractivity contribution is 0.573. The van der Waals surface area contributed by atoms with Crippen molar-refractivity contribution in [1.29, 1.82) is 5.26 Å². The quantitative estimate of drug-likeness (QED) is 0.809. The van der Waals surface area contributed by atoms with E-state index in [1.807, 2.05) is 24.6 Å².